The van der Waals surface area contributed by atoms with Gasteiger partial charge in [0.2, 0.25) is 0 Å². The van der Waals surface area contributed by atoms with E-state index in [2.05, 4.69) is 4.90 Å². The number of phenolic OH excluding ortho intramolecular Hbond substituents is 1. The summed E-state index contributed by atoms with van der Waals surface area (Å²) in [4.78, 5) is 14.0. The molecule has 3 rings (SSSR count). The molecule has 1 N–H and O–H groups in total. The Bertz CT molecular complexity index is 570. The third-order valence-corrected chi connectivity index (χ3v) is 3.90. The van der Waals surface area contributed by atoms with E-state index in [1.54, 1.807) is 6.07 Å². The number of hydrogen-bond acceptors (Lipinski definition) is 7. The van der Waals surface area contributed by atoms with Crippen LogP contribution < -0.4 is 9.47 Å². The van der Waals surface area contributed by atoms with E-state index in [9.17, 15) is 9.90 Å². The number of benzene rings is 1. The van der Waals surface area contributed by atoms with Gasteiger partial charge in [-0.3, -0.25) is 4.90 Å². The second-order valence-electron chi connectivity index (χ2n) is 5.42. The number of nitrogens with zero attached hydrogens (tertiary/aromatic N) is 1. The van der Waals surface area contributed by atoms with Crippen LogP contribution in [0.25, 0.3) is 0 Å². The zero-order chi connectivity index (χ0) is 16.2. The third kappa shape index (κ3) is 3.57. The first kappa shape index (κ1) is 16.0. The molecule has 0 spiro atoms. The van der Waals surface area contributed by atoms with Crippen LogP contribution in [0.15, 0.2) is 12.1 Å². The summed E-state index contributed by atoms with van der Waals surface area (Å²) < 4.78 is 21.5. The highest BCUT2D eigenvalue weighted by atomic mass is 16.6. The normalized spacial score (nSPS) is 21.1. The van der Waals surface area contributed by atoms with Crippen LogP contribution in [-0.2, 0) is 14.3 Å². The first-order chi connectivity index (χ1) is 11.2. The average molecular weight is 323 g/mol. The number of esters is 1. The molecule has 7 nitrogen and oxygen atoms in total. The molecule has 1 atom stereocenters. The SMILES string of the molecule is CCOC1C(=O)Oc2cc(O)c(OCCN3CCOCC3)cc21. The number of aromatic hydroxyl groups is 1. The van der Waals surface area contributed by atoms with E-state index in [0.29, 0.717) is 30.3 Å². The molecule has 1 unspecified atom stereocenters. The molecule has 1 aromatic rings. The van der Waals surface area contributed by atoms with Crippen LogP contribution in [0.2, 0.25) is 0 Å². The quantitative estimate of drug-likeness (QED) is 0.620. The van der Waals surface area contributed by atoms with Crippen molar-refractivity contribution in [1.29, 1.82) is 0 Å². The zero-order valence-corrected chi connectivity index (χ0v) is 13.1. The lowest BCUT2D eigenvalue weighted by Crippen LogP contribution is -2.38. The number of rotatable bonds is 6. The number of carbonyl (C=O) groups excluding carboxylic acids is 1. The summed E-state index contributed by atoms with van der Waals surface area (Å²) in [5.41, 5.74) is 0.594. The zero-order valence-electron chi connectivity index (χ0n) is 13.1. The van der Waals surface area contributed by atoms with E-state index in [0.717, 1.165) is 32.8 Å². The maximum Gasteiger partial charge on any atom is 0.345 e. The smallest absolute Gasteiger partial charge is 0.345 e. The fraction of sp³-hybridized carbons (Fsp3) is 0.562. The van der Waals surface area contributed by atoms with Gasteiger partial charge in [-0.15, -0.1) is 0 Å². The summed E-state index contributed by atoms with van der Waals surface area (Å²) in [6.07, 6.45) is -0.753. The average Bonchev–Trinajstić information content (AvgIpc) is 2.84. The molecule has 1 aromatic carbocycles. The predicted octanol–water partition coefficient (Wildman–Crippen LogP) is 1.10. The lowest BCUT2D eigenvalue weighted by atomic mass is 10.1. The van der Waals surface area contributed by atoms with Crippen LogP contribution in [-0.4, -0.2) is 62.0 Å². The maximum absolute atomic E-state index is 11.8. The Morgan fingerprint density at radius 3 is 2.87 bits per heavy atom. The second-order valence-corrected chi connectivity index (χ2v) is 5.42. The Labute approximate surface area is 134 Å². The molecule has 0 amide bonds. The number of ether oxygens (including phenoxy) is 4. The summed E-state index contributed by atoms with van der Waals surface area (Å²) in [5.74, 6) is 0.147. The van der Waals surface area contributed by atoms with Crippen molar-refractivity contribution in [2.45, 2.75) is 13.0 Å². The van der Waals surface area contributed by atoms with Gasteiger partial charge in [-0.25, -0.2) is 4.79 Å². The van der Waals surface area contributed by atoms with Gasteiger partial charge in [0.25, 0.3) is 0 Å². The van der Waals surface area contributed by atoms with Crippen molar-refractivity contribution in [3.8, 4) is 17.2 Å². The van der Waals surface area contributed by atoms with Crippen LogP contribution in [0, 0.1) is 0 Å². The van der Waals surface area contributed by atoms with Crippen molar-refractivity contribution in [1.82, 2.24) is 4.90 Å². The lowest BCUT2D eigenvalue weighted by Gasteiger charge is -2.26. The van der Waals surface area contributed by atoms with Crippen LogP contribution in [0.5, 0.6) is 17.2 Å². The highest BCUT2D eigenvalue weighted by Crippen LogP contribution is 2.42. The standard InChI is InChI=1S/C16H21NO6/c1-2-21-15-11-9-14(12(18)10-13(11)23-16(15)19)22-8-5-17-3-6-20-7-4-17/h9-10,15,18H,2-8H2,1H3. The molecule has 23 heavy (non-hydrogen) atoms. The number of morpholine rings is 1. The van der Waals surface area contributed by atoms with E-state index in [1.165, 1.54) is 6.07 Å². The molecule has 0 saturated carbocycles. The molecule has 126 valence electrons. The molecule has 2 heterocycles. The molecule has 0 aliphatic carbocycles. The maximum atomic E-state index is 11.8. The van der Waals surface area contributed by atoms with Gasteiger partial charge >= 0.3 is 5.97 Å². The number of fused-ring (bicyclic) bond motifs is 1. The summed E-state index contributed by atoms with van der Waals surface area (Å²) in [6.45, 7) is 6.64. The molecule has 7 heteroatoms. The van der Waals surface area contributed by atoms with Crippen LogP contribution in [0.1, 0.15) is 18.6 Å². The van der Waals surface area contributed by atoms with Gasteiger partial charge in [-0.05, 0) is 13.0 Å². The first-order valence-corrected chi connectivity index (χ1v) is 7.82. The van der Waals surface area contributed by atoms with Crippen molar-refractivity contribution in [2.75, 3.05) is 46.1 Å². The Balaban J connectivity index is 1.65. The summed E-state index contributed by atoms with van der Waals surface area (Å²) in [6, 6.07) is 3.02. The van der Waals surface area contributed by atoms with E-state index >= 15 is 0 Å². The minimum absolute atomic E-state index is 0.0457. The minimum Gasteiger partial charge on any atom is -0.504 e. The highest BCUT2D eigenvalue weighted by molar-refractivity contribution is 5.85. The van der Waals surface area contributed by atoms with Crippen molar-refractivity contribution >= 4 is 5.97 Å². The van der Waals surface area contributed by atoms with Gasteiger partial charge in [-0.1, -0.05) is 0 Å². The Hall–Kier alpha value is -1.83. The minimum atomic E-state index is -0.753. The van der Waals surface area contributed by atoms with E-state index < -0.39 is 12.1 Å². The van der Waals surface area contributed by atoms with Crippen molar-refractivity contribution in [3.05, 3.63) is 17.7 Å². The van der Waals surface area contributed by atoms with E-state index in [-0.39, 0.29) is 5.75 Å². The predicted molar refractivity (Wildman–Crippen MR) is 80.9 cm³/mol. The topological polar surface area (TPSA) is 77.5 Å². The van der Waals surface area contributed by atoms with Gasteiger partial charge < -0.3 is 24.1 Å². The number of carbonyl (C=O) groups is 1. The van der Waals surface area contributed by atoms with Crippen molar-refractivity contribution in [3.63, 3.8) is 0 Å². The molecular formula is C16H21NO6. The molecule has 1 fully saturated rings. The summed E-state index contributed by atoms with van der Waals surface area (Å²) in [5, 5.41) is 10.0. The Morgan fingerprint density at radius 2 is 2.13 bits per heavy atom. The largest absolute Gasteiger partial charge is 0.504 e. The van der Waals surface area contributed by atoms with Gasteiger partial charge in [0.15, 0.2) is 17.6 Å². The second kappa shape index (κ2) is 7.16. The molecule has 2 aliphatic heterocycles. The molecular weight excluding hydrogens is 302 g/mol. The van der Waals surface area contributed by atoms with Crippen molar-refractivity contribution < 1.29 is 28.8 Å². The van der Waals surface area contributed by atoms with Crippen LogP contribution in [0.3, 0.4) is 0 Å². The van der Waals surface area contributed by atoms with Gasteiger partial charge in [0, 0.05) is 37.9 Å². The molecule has 1 saturated heterocycles. The summed E-state index contributed by atoms with van der Waals surface area (Å²) >= 11 is 0. The molecule has 0 radical (unpaired) electrons. The third-order valence-electron chi connectivity index (χ3n) is 3.90. The number of hydrogen-bond donors (Lipinski definition) is 1. The van der Waals surface area contributed by atoms with E-state index in [1.807, 2.05) is 6.92 Å². The Morgan fingerprint density at radius 1 is 1.35 bits per heavy atom. The fourth-order valence-corrected chi connectivity index (χ4v) is 2.70. The molecule has 0 aromatic heterocycles. The van der Waals surface area contributed by atoms with Crippen LogP contribution in [0.4, 0.5) is 0 Å². The van der Waals surface area contributed by atoms with Gasteiger partial charge in [0.05, 0.1) is 13.2 Å². The van der Waals surface area contributed by atoms with Gasteiger partial charge in [-0.2, -0.15) is 0 Å². The van der Waals surface area contributed by atoms with Crippen LogP contribution >= 0.6 is 0 Å². The van der Waals surface area contributed by atoms with Gasteiger partial charge in [0.1, 0.15) is 12.4 Å². The van der Waals surface area contributed by atoms with Crippen molar-refractivity contribution in [2.24, 2.45) is 0 Å². The summed E-state index contributed by atoms with van der Waals surface area (Å²) in [7, 11) is 0. The fourth-order valence-electron chi connectivity index (χ4n) is 2.70. The molecule has 0 bridgehead atoms. The molecule has 2 aliphatic rings. The number of phenols is 1. The Kier molecular flexibility index (Phi) is 5.00. The first-order valence-electron chi connectivity index (χ1n) is 7.82. The highest BCUT2D eigenvalue weighted by Gasteiger charge is 2.35. The monoisotopic (exact) mass is 323 g/mol. The van der Waals surface area contributed by atoms with E-state index in [4.69, 9.17) is 18.9 Å². The lowest BCUT2D eigenvalue weighted by molar-refractivity contribution is -0.144.